The quantitative estimate of drug-likeness (QED) is 0.191. The Morgan fingerprint density at radius 3 is 1.53 bits per heavy atom. The second-order valence-corrected chi connectivity index (χ2v) is 13.1. The van der Waals surface area contributed by atoms with Crippen molar-refractivity contribution in [3.63, 3.8) is 0 Å². The van der Waals surface area contributed by atoms with E-state index in [-0.39, 0.29) is 30.0 Å². The largest absolute Gasteiger partial charge is 0.446 e. The molecule has 0 saturated carbocycles. The molecule has 4 heterocycles. The van der Waals surface area contributed by atoms with Gasteiger partial charge in [-0.2, -0.15) is 8.42 Å². The molecule has 0 aliphatic heterocycles. The van der Waals surface area contributed by atoms with Crippen molar-refractivity contribution in [2.75, 3.05) is 0 Å². The van der Waals surface area contributed by atoms with Crippen molar-refractivity contribution in [2.24, 2.45) is 0 Å². The van der Waals surface area contributed by atoms with Crippen LogP contribution in [-0.2, 0) is 36.6 Å². The van der Waals surface area contributed by atoms with Crippen LogP contribution < -0.4 is 15.3 Å². The van der Waals surface area contributed by atoms with Gasteiger partial charge in [0.15, 0.2) is 0 Å². The van der Waals surface area contributed by atoms with Gasteiger partial charge in [-0.15, -0.1) is 10.2 Å². The minimum atomic E-state index is -4.70. The van der Waals surface area contributed by atoms with Crippen molar-refractivity contribution < 1.29 is 17.2 Å². The van der Waals surface area contributed by atoms with E-state index in [9.17, 15) is 18.0 Å². The lowest BCUT2D eigenvalue weighted by Gasteiger charge is -2.13. The monoisotopic (exact) mass is 728 g/mol. The Labute approximate surface area is 300 Å². The molecule has 1 N–H and O–H groups in total. The number of hydrogen-bond donors (Lipinski definition) is 1. The van der Waals surface area contributed by atoms with Crippen LogP contribution in [0.4, 0.5) is 0 Å². The summed E-state index contributed by atoms with van der Waals surface area (Å²) in [7, 11) is -4.70. The number of aromatic nitrogens is 10. The van der Waals surface area contributed by atoms with Gasteiger partial charge >= 0.3 is 10.4 Å². The first-order valence-electron chi connectivity index (χ1n) is 16.3. The summed E-state index contributed by atoms with van der Waals surface area (Å²) in [6, 6.07) is 29.5. The van der Waals surface area contributed by atoms with Crippen LogP contribution in [0.25, 0.3) is 44.6 Å². The summed E-state index contributed by atoms with van der Waals surface area (Å²) >= 11 is 0. The number of benzene rings is 4. The van der Waals surface area contributed by atoms with E-state index >= 15 is 0 Å². The van der Waals surface area contributed by atoms with Crippen molar-refractivity contribution in [1.82, 2.24) is 49.1 Å². The van der Waals surface area contributed by atoms with Gasteiger partial charge in [0.25, 0.3) is 11.1 Å². The molecule has 0 spiro atoms. The maximum atomic E-state index is 13.7. The van der Waals surface area contributed by atoms with Gasteiger partial charge in [0.1, 0.15) is 28.8 Å². The third-order valence-electron chi connectivity index (χ3n) is 8.44. The summed E-state index contributed by atoms with van der Waals surface area (Å²) in [6.45, 7) is 0.991. The second-order valence-electron chi connectivity index (χ2n) is 12.0. The molecule has 8 rings (SSSR count). The fourth-order valence-electron chi connectivity index (χ4n) is 6.01. The van der Waals surface area contributed by atoms with Crippen LogP contribution in [-0.4, -0.2) is 62.1 Å². The van der Waals surface area contributed by atoms with Gasteiger partial charge < -0.3 is 4.18 Å². The first-order chi connectivity index (χ1) is 25.7. The number of nitrogens with zero attached hydrogens (tertiary/aromatic N) is 10. The van der Waals surface area contributed by atoms with Gasteiger partial charge in [-0.3, -0.25) is 32.6 Å². The fraction of sp³-hybridized carbons (Fsp3) is 0.111. The van der Waals surface area contributed by atoms with Crippen molar-refractivity contribution in [3.05, 3.63) is 148 Å². The van der Waals surface area contributed by atoms with Crippen LogP contribution in [0, 0.1) is 0 Å². The number of para-hydroxylation sites is 2. The summed E-state index contributed by atoms with van der Waals surface area (Å²) in [5.74, 6) is 0.740. The maximum Gasteiger partial charge on any atom is 0.446 e. The van der Waals surface area contributed by atoms with Crippen LogP contribution >= 0.6 is 0 Å². The van der Waals surface area contributed by atoms with E-state index < -0.39 is 10.4 Å². The van der Waals surface area contributed by atoms with E-state index in [1.807, 2.05) is 48.5 Å². The lowest BCUT2D eigenvalue weighted by Crippen LogP contribution is -2.24. The molecule has 0 aliphatic carbocycles. The van der Waals surface area contributed by atoms with Crippen molar-refractivity contribution >= 4 is 32.2 Å². The van der Waals surface area contributed by atoms with E-state index in [1.165, 1.54) is 28.8 Å². The molecule has 0 atom stereocenters. The molecular formula is C36H28N10O6S. The van der Waals surface area contributed by atoms with E-state index in [2.05, 4.69) is 24.8 Å². The first kappa shape index (κ1) is 33.3. The molecule has 17 heteroatoms. The molecule has 0 radical (unpaired) electrons. The number of fused-ring (bicyclic) bond motifs is 2. The molecule has 0 aliphatic rings. The van der Waals surface area contributed by atoms with Gasteiger partial charge in [0.05, 0.1) is 60.4 Å². The Kier molecular flexibility index (Phi) is 8.61. The van der Waals surface area contributed by atoms with Crippen molar-refractivity contribution in [1.29, 1.82) is 0 Å². The highest BCUT2D eigenvalue weighted by molar-refractivity contribution is 7.81. The van der Waals surface area contributed by atoms with Gasteiger partial charge in [-0.1, -0.05) is 65.0 Å². The average molecular weight is 729 g/mol. The van der Waals surface area contributed by atoms with Gasteiger partial charge in [-0.05, 0) is 48.5 Å². The lowest BCUT2D eigenvalue weighted by atomic mass is 10.1. The zero-order chi connectivity index (χ0) is 36.5. The molecular weight excluding hydrogens is 701 g/mol. The van der Waals surface area contributed by atoms with Crippen LogP contribution in [0.2, 0.25) is 0 Å². The average Bonchev–Trinajstić information content (AvgIpc) is 3.82. The highest BCUT2D eigenvalue weighted by Gasteiger charge is 2.17. The predicted octanol–water partition coefficient (Wildman–Crippen LogP) is 3.60. The highest BCUT2D eigenvalue weighted by atomic mass is 32.3. The third kappa shape index (κ3) is 7.06. The summed E-state index contributed by atoms with van der Waals surface area (Å²) in [5, 5.41) is 18.0. The molecule has 16 nitrogen and oxygen atoms in total. The summed E-state index contributed by atoms with van der Waals surface area (Å²) < 4.78 is 42.2. The van der Waals surface area contributed by atoms with Gasteiger partial charge in [0.2, 0.25) is 0 Å². The molecule has 0 amide bonds. The summed E-state index contributed by atoms with van der Waals surface area (Å²) in [6.07, 6.45) is 3.49. The van der Waals surface area contributed by atoms with E-state index in [0.717, 1.165) is 5.56 Å². The third-order valence-corrected chi connectivity index (χ3v) is 8.84. The molecule has 4 aromatic heterocycles. The number of aryl methyl sites for hydroxylation is 2. The van der Waals surface area contributed by atoms with E-state index in [0.29, 0.717) is 63.5 Å². The minimum absolute atomic E-state index is 0.0427. The smallest absolute Gasteiger partial charge is 0.362 e. The van der Waals surface area contributed by atoms with Crippen LogP contribution in [0.5, 0.6) is 5.75 Å². The zero-order valence-electron chi connectivity index (χ0n) is 27.7. The van der Waals surface area contributed by atoms with Crippen LogP contribution in [0.1, 0.15) is 11.4 Å². The Balaban J connectivity index is 1.01. The Bertz CT molecular complexity index is 2850. The highest BCUT2D eigenvalue weighted by Crippen LogP contribution is 2.24. The molecule has 264 valence electrons. The number of rotatable bonds is 11. The molecule has 53 heavy (non-hydrogen) atoms. The fourth-order valence-corrected chi connectivity index (χ4v) is 6.36. The van der Waals surface area contributed by atoms with Crippen molar-refractivity contribution in [2.45, 2.75) is 26.2 Å². The van der Waals surface area contributed by atoms with Crippen LogP contribution in [0.3, 0.4) is 0 Å². The zero-order valence-corrected chi connectivity index (χ0v) is 28.5. The Hall–Kier alpha value is -6.85. The van der Waals surface area contributed by atoms with E-state index in [4.69, 9.17) is 14.5 Å². The minimum Gasteiger partial charge on any atom is -0.362 e. The molecule has 0 bridgehead atoms. The predicted molar refractivity (Wildman–Crippen MR) is 193 cm³/mol. The van der Waals surface area contributed by atoms with Crippen LogP contribution in [0.15, 0.2) is 125 Å². The summed E-state index contributed by atoms with van der Waals surface area (Å²) in [5.41, 5.74) is 3.00. The molecule has 0 unspecified atom stereocenters. The van der Waals surface area contributed by atoms with Gasteiger partial charge in [0, 0.05) is 11.1 Å². The SMILES string of the molecule is O=c1c2ccccc2nc(-c2ccccc2)n1Cc1cn(CCn2cc(Cn3c(-c4ccc(OS(=O)(=O)O)cc4)nc4ccccc4c3=O)nn2)nn1. The first-order valence-corrected chi connectivity index (χ1v) is 17.6. The lowest BCUT2D eigenvalue weighted by molar-refractivity contribution is 0.387. The number of hydrogen-bond acceptors (Lipinski definition) is 11. The second kappa shape index (κ2) is 13.7. The topological polar surface area (TPSA) is 195 Å². The van der Waals surface area contributed by atoms with E-state index in [1.54, 1.807) is 56.7 Å². The molecule has 8 aromatic rings. The maximum absolute atomic E-state index is 13.7. The van der Waals surface area contributed by atoms with Gasteiger partial charge in [-0.25, -0.2) is 9.97 Å². The Morgan fingerprint density at radius 1 is 0.585 bits per heavy atom. The van der Waals surface area contributed by atoms with Crippen molar-refractivity contribution in [3.8, 4) is 28.5 Å². The molecule has 4 aromatic carbocycles. The summed E-state index contributed by atoms with van der Waals surface area (Å²) in [4.78, 5) is 36.8. The molecule has 0 fully saturated rings. The standard InChI is InChI=1S/C36H28N10O6S/c47-35-29-10-4-6-12-31(29)37-33(24-8-2-1-3-9-24)45(35)22-26-20-43(41-39-26)18-19-44-21-27(40-42-44)23-46-34(38-32-13-7-5-11-30(32)36(46)48)25-14-16-28(17-15-25)52-53(49,50)51/h1-17,20-21H,18-19,22-23H2,(H,49,50,51). The normalized spacial score (nSPS) is 11.7. The Morgan fingerprint density at radius 2 is 1.04 bits per heavy atom. The molecule has 0 saturated heterocycles.